The van der Waals surface area contributed by atoms with E-state index >= 15 is 0 Å². The highest BCUT2D eigenvalue weighted by molar-refractivity contribution is 5.82. The normalized spacial score (nSPS) is 18.9. The standard InChI is InChI=1S/C14H18N8O/c1-7-4-9(23-21-7)6-22-3-2-8(5-22)12-17-10-11(15)18-14(16)20-13(10)19-12/h4,8H,2-3,5-6H2,1H3,(H5,15,16,17,18,19,20). The van der Waals surface area contributed by atoms with Crippen LogP contribution in [0.25, 0.3) is 11.2 Å². The van der Waals surface area contributed by atoms with Crippen molar-refractivity contribution in [1.82, 2.24) is 30.0 Å². The van der Waals surface area contributed by atoms with Crippen LogP contribution in [0.5, 0.6) is 0 Å². The quantitative estimate of drug-likeness (QED) is 0.646. The van der Waals surface area contributed by atoms with Gasteiger partial charge >= 0.3 is 0 Å². The topological polar surface area (TPSA) is 136 Å². The molecule has 4 heterocycles. The predicted octanol–water partition coefficient (Wildman–Crippen LogP) is 0.803. The number of aromatic nitrogens is 5. The first-order chi connectivity index (χ1) is 11.1. The lowest BCUT2D eigenvalue weighted by atomic mass is 10.1. The summed E-state index contributed by atoms with van der Waals surface area (Å²) in [4.78, 5) is 18.2. The van der Waals surface area contributed by atoms with Crippen LogP contribution in [0.15, 0.2) is 10.6 Å². The predicted molar refractivity (Wildman–Crippen MR) is 84.4 cm³/mol. The van der Waals surface area contributed by atoms with Crippen LogP contribution in [-0.2, 0) is 6.54 Å². The first kappa shape index (κ1) is 13.9. The van der Waals surface area contributed by atoms with Gasteiger partial charge in [-0.3, -0.25) is 4.90 Å². The number of nitrogen functional groups attached to an aromatic ring is 2. The van der Waals surface area contributed by atoms with E-state index in [1.54, 1.807) is 0 Å². The van der Waals surface area contributed by atoms with E-state index < -0.39 is 0 Å². The summed E-state index contributed by atoms with van der Waals surface area (Å²) < 4.78 is 5.28. The number of rotatable bonds is 3. The molecule has 0 saturated carbocycles. The first-order valence-corrected chi connectivity index (χ1v) is 7.51. The zero-order valence-electron chi connectivity index (χ0n) is 12.8. The van der Waals surface area contributed by atoms with Crippen molar-refractivity contribution in [1.29, 1.82) is 0 Å². The molecule has 120 valence electrons. The second-order valence-corrected chi connectivity index (χ2v) is 5.94. The Hall–Kier alpha value is -2.68. The molecule has 1 aliphatic heterocycles. The van der Waals surface area contributed by atoms with Gasteiger partial charge in [0, 0.05) is 18.5 Å². The van der Waals surface area contributed by atoms with E-state index in [1.807, 2.05) is 13.0 Å². The summed E-state index contributed by atoms with van der Waals surface area (Å²) in [5, 5.41) is 3.92. The van der Waals surface area contributed by atoms with Crippen LogP contribution >= 0.6 is 0 Å². The molecule has 1 aliphatic rings. The Kier molecular flexibility index (Phi) is 3.15. The number of imidazole rings is 1. The lowest BCUT2D eigenvalue weighted by Crippen LogP contribution is -2.19. The number of hydrogen-bond donors (Lipinski definition) is 3. The Morgan fingerprint density at radius 3 is 3.00 bits per heavy atom. The number of aromatic amines is 1. The molecule has 9 heteroatoms. The third kappa shape index (κ3) is 2.59. The summed E-state index contributed by atoms with van der Waals surface area (Å²) in [6.07, 6.45) is 1.01. The third-order valence-electron chi connectivity index (χ3n) is 4.13. The fraction of sp³-hybridized carbons (Fsp3) is 0.429. The zero-order chi connectivity index (χ0) is 16.0. The molecule has 1 unspecified atom stereocenters. The average molecular weight is 314 g/mol. The van der Waals surface area contributed by atoms with E-state index in [0.29, 0.717) is 22.9 Å². The molecular formula is C14H18N8O. The lowest BCUT2D eigenvalue weighted by molar-refractivity contribution is 0.270. The van der Waals surface area contributed by atoms with Gasteiger partial charge in [-0.15, -0.1) is 0 Å². The molecular weight excluding hydrogens is 296 g/mol. The van der Waals surface area contributed by atoms with Crippen LogP contribution in [0.1, 0.15) is 29.6 Å². The van der Waals surface area contributed by atoms with Gasteiger partial charge in [-0.1, -0.05) is 5.16 Å². The first-order valence-electron chi connectivity index (χ1n) is 7.51. The maximum absolute atomic E-state index is 5.87. The molecule has 5 N–H and O–H groups in total. The number of nitrogens with two attached hydrogens (primary N) is 2. The minimum atomic E-state index is 0.141. The van der Waals surface area contributed by atoms with Gasteiger partial charge in [0.25, 0.3) is 0 Å². The van der Waals surface area contributed by atoms with E-state index in [2.05, 4.69) is 30.0 Å². The molecule has 9 nitrogen and oxygen atoms in total. The van der Waals surface area contributed by atoms with Gasteiger partial charge in [0.1, 0.15) is 11.3 Å². The zero-order valence-corrected chi connectivity index (χ0v) is 12.8. The SMILES string of the molecule is Cc1cc(CN2CCC(c3nc4nc(N)nc(N)c4[nH]3)C2)on1. The van der Waals surface area contributed by atoms with E-state index in [0.717, 1.165) is 43.3 Å². The molecule has 1 saturated heterocycles. The average Bonchev–Trinajstić information content (AvgIpc) is 3.19. The molecule has 3 aromatic rings. The Bertz CT molecular complexity index is 854. The van der Waals surface area contributed by atoms with Gasteiger partial charge in [0.2, 0.25) is 5.95 Å². The molecule has 0 aliphatic carbocycles. The Labute approximate surface area is 132 Å². The van der Waals surface area contributed by atoms with Gasteiger partial charge in [-0.25, -0.2) is 4.98 Å². The number of hydrogen-bond acceptors (Lipinski definition) is 8. The van der Waals surface area contributed by atoms with Crippen molar-refractivity contribution < 1.29 is 4.52 Å². The summed E-state index contributed by atoms with van der Waals surface area (Å²) in [5.74, 6) is 2.53. The van der Waals surface area contributed by atoms with Crippen molar-refractivity contribution in [3.8, 4) is 0 Å². The summed E-state index contributed by atoms with van der Waals surface area (Å²) in [6.45, 7) is 4.55. The lowest BCUT2D eigenvalue weighted by Gasteiger charge is -2.12. The van der Waals surface area contributed by atoms with Crippen molar-refractivity contribution in [2.24, 2.45) is 0 Å². The molecule has 4 rings (SSSR count). The fourth-order valence-electron chi connectivity index (χ4n) is 3.06. The summed E-state index contributed by atoms with van der Waals surface area (Å²) in [7, 11) is 0. The molecule has 3 aromatic heterocycles. The van der Waals surface area contributed by atoms with Gasteiger partial charge < -0.3 is 21.0 Å². The molecule has 1 atom stereocenters. The molecule has 0 amide bonds. The largest absolute Gasteiger partial charge is 0.382 e. The van der Waals surface area contributed by atoms with Crippen molar-refractivity contribution in [2.45, 2.75) is 25.8 Å². The molecule has 0 bridgehead atoms. The molecule has 1 fully saturated rings. The molecule has 23 heavy (non-hydrogen) atoms. The number of nitrogens with one attached hydrogen (secondary N) is 1. The number of likely N-dealkylation sites (tertiary alicyclic amines) is 1. The monoisotopic (exact) mass is 314 g/mol. The summed E-state index contributed by atoms with van der Waals surface area (Å²) in [5.41, 5.74) is 13.6. The highest BCUT2D eigenvalue weighted by Gasteiger charge is 2.27. The third-order valence-corrected chi connectivity index (χ3v) is 4.13. The Morgan fingerprint density at radius 2 is 2.22 bits per heavy atom. The van der Waals surface area contributed by atoms with Crippen LogP contribution in [0.3, 0.4) is 0 Å². The summed E-state index contributed by atoms with van der Waals surface area (Å²) in [6, 6.07) is 1.97. The molecule has 0 radical (unpaired) electrons. The summed E-state index contributed by atoms with van der Waals surface area (Å²) >= 11 is 0. The van der Waals surface area contributed by atoms with Gasteiger partial charge in [0.05, 0.1) is 12.2 Å². The van der Waals surface area contributed by atoms with E-state index in [9.17, 15) is 0 Å². The minimum absolute atomic E-state index is 0.141. The molecule has 0 aromatic carbocycles. The smallest absolute Gasteiger partial charge is 0.224 e. The maximum Gasteiger partial charge on any atom is 0.224 e. The van der Waals surface area contributed by atoms with Crippen LogP contribution in [0.2, 0.25) is 0 Å². The second kappa shape index (κ2) is 5.20. The second-order valence-electron chi connectivity index (χ2n) is 5.94. The van der Waals surface area contributed by atoms with Crippen molar-refractivity contribution in [2.75, 3.05) is 24.6 Å². The Morgan fingerprint density at radius 1 is 1.35 bits per heavy atom. The van der Waals surface area contributed by atoms with Crippen molar-refractivity contribution in [3.63, 3.8) is 0 Å². The van der Waals surface area contributed by atoms with Crippen LogP contribution in [-0.4, -0.2) is 43.1 Å². The van der Waals surface area contributed by atoms with Crippen LogP contribution in [0, 0.1) is 6.92 Å². The van der Waals surface area contributed by atoms with Crippen LogP contribution in [0.4, 0.5) is 11.8 Å². The Balaban J connectivity index is 1.52. The minimum Gasteiger partial charge on any atom is -0.382 e. The maximum atomic E-state index is 5.87. The number of fused-ring (bicyclic) bond motifs is 1. The highest BCUT2D eigenvalue weighted by atomic mass is 16.5. The van der Waals surface area contributed by atoms with Crippen molar-refractivity contribution >= 4 is 22.9 Å². The van der Waals surface area contributed by atoms with Crippen LogP contribution < -0.4 is 11.5 Å². The number of H-pyrrole nitrogens is 1. The van der Waals surface area contributed by atoms with Gasteiger partial charge in [0.15, 0.2) is 17.2 Å². The van der Waals surface area contributed by atoms with Gasteiger partial charge in [-0.2, -0.15) is 9.97 Å². The number of anilines is 2. The molecule has 0 spiro atoms. The van der Waals surface area contributed by atoms with E-state index in [4.69, 9.17) is 16.0 Å². The van der Waals surface area contributed by atoms with E-state index in [-0.39, 0.29) is 5.95 Å². The fourth-order valence-corrected chi connectivity index (χ4v) is 3.06. The number of nitrogens with zero attached hydrogens (tertiary/aromatic N) is 5. The van der Waals surface area contributed by atoms with Crippen molar-refractivity contribution in [3.05, 3.63) is 23.3 Å². The van der Waals surface area contributed by atoms with Gasteiger partial charge in [-0.05, 0) is 19.9 Å². The highest BCUT2D eigenvalue weighted by Crippen LogP contribution is 2.28. The number of aryl methyl sites for hydroxylation is 1. The van der Waals surface area contributed by atoms with E-state index in [1.165, 1.54) is 0 Å².